The van der Waals surface area contributed by atoms with Crippen LogP contribution in [0.3, 0.4) is 0 Å². The van der Waals surface area contributed by atoms with Gasteiger partial charge in [0.1, 0.15) is 5.82 Å². The molecule has 0 aliphatic rings. The first-order valence-electron chi connectivity index (χ1n) is 5.57. The van der Waals surface area contributed by atoms with Crippen LogP contribution in [0.1, 0.15) is 15.9 Å². The van der Waals surface area contributed by atoms with E-state index in [1.807, 2.05) is 0 Å². The maximum Gasteiger partial charge on any atom is 0.419 e. The highest BCUT2D eigenvalue weighted by Gasteiger charge is 2.35. The number of aliphatic hydroxyl groups excluding tert-OH is 1. The fourth-order valence-electron chi connectivity index (χ4n) is 1.53. The van der Waals surface area contributed by atoms with E-state index >= 15 is 0 Å². The van der Waals surface area contributed by atoms with Crippen LogP contribution < -0.4 is 5.32 Å². The smallest absolute Gasteiger partial charge is 0.394 e. The van der Waals surface area contributed by atoms with E-state index in [-0.39, 0.29) is 6.61 Å². The number of carbonyl (C=O) groups excluding carboxylic acids is 1. The molecule has 112 valence electrons. The molecule has 1 aromatic carbocycles. The van der Waals surface area contributed by atoms with Gasteiger partial charge >= 0.3 is 6.18 Å². The zero-order valence-electron chi connectivity index (χ0n) is 10.5. The summed E-state index contributed by atoms with van der Waals surface area (Å²) < 4.78 is 55.9. The molecule has 0 saturated heterocycles. The molecule has 0 heterocycles. The molecule has 1 rings (SSSR count). The molecule has 0 saturated carbocycles. The Kier molecular flexibility index (Phi) is 5.46. The zero-order valence-corrected chi connectivity index (χ0v) is 10.5. The van der Waals surface area contributed by atoms with Crippen LogP contribution in [0.4, 0.5) is 17.6 Å². The van der Waals surface area contributed by atoms with Crippen LogP contribution in [0.5, 0.6) is 0 Å². The van der Waals surface area contributed by atoms with Crippen LogP contribution in [0.15, 0.2) is 18.2 Å². The summed E-state index contributed by atoms with van der Waals surface area (Å²) in [6.07, 6.45) is -4.89. The lowest BCUT2D eigenvalue weighted by Gasteiger charge is -2.16. The molecule has 0 spiro atoms. The topological polar surface area (TPSA) is 58.6 Å². The van der Waals surface area contributed by atoms with Gasteiger partial charge in [-0.2, -0.15) is 13.2 Å². The highest BCUT2D eigenvalue weighted by atomic mass is 19.4. The minimum atomic E-state index is -4.89. The predicted octanol–water partition coefficient (Wildman–Crippen LogP) is 1.58. The fraction of sp³-hybridized carbons (Fsp3) is 0.417. The van der Waals surface area contributed by atoms with Crippen molar-refractivity contribution in [2.45, 2.75) is 12.2 Å². The number of hydrogen-bond acceptors (Lipinski definition) is 3. The summed E-state index contributed by atoms with van der Waals surface area (Å²) in [6, 6.07) is 1.58. The quantitative estimate of drug-likeness (QED) is 0.811. The van der Waals surface area contributed by atoms with Crippen LogP contribution in [0.25, 0.3) is 0 Å². The number of methoxy groups -OCH3 is 1. The number of amides is 1. The fourth-order valence-corrected chi connectivity index (χ4v) is 1.53. The Balaban J connectivity index is 3.00. The van der Waals surface area contributed by atoms with Crippen LogP contribution in [0, 0.1) is 5.82 Å². The summed E-state index contributed by atoms with van der Waals surface area (Å²) in [6.45, 7) is -0.539. The van der Waals surface area contributed by atoms with Gasteiger partial charge in [0.05, 0.1) is 30.4 Å². The molecule has 2 N–H and O–H groups in total. The first kappa shape index (κ1) is 16.4. The zero-order chi connectivity index (χ0) is 15.3. The molecule has 20 heavy (non-hydrogen) atoms. The van der Waals surface area contributed by atoms with Gasteiger partial charge in [-0.1, -0.05) is 6.07 Å². The van der Waals surface area contributed by atoms with E-state index in [1.54, 1.807) is 0 Å². The number of halogens is 4. The van der Waals surface area contributed by atoms with Crippen molar-refractivity contribution in [3.05, 3.63) is 35.1 Å². The van der Waals surface area contributed by atoms with E-state index < -0.39 is 41.7 Å². The lowest BCUT2D eigenvalue weighted by molar-refractivity contribution is -0.140. The molecule has 1 unspecified atom stereocenters. The minimum Gasteiger partial charge on any atom is -0.394 e. The molecular weight excluding hydrogens is 282 g/mol. The van der Waals surface area contributed by atoms with Gasteiger partial charge < -0.3 is 15.2 Å². The van der Waals surface area contributed by atoms with Gasteiger partial charge in [0, 0.05) is 7.11 Å². The number of rotatable bonds is 5. The van der Waals surface area contributed by atoms with Crippen molar-refractivity contribution in [1.29, 1.82) is 0 Å². The Morgan fingerprint density at radius 1 is 1.45 bits per heavy atom. The third kappa shape index (κ3) is 3.91. The first-order chi connectivity index (χ1) is 9.31. The van der Waals surface area contributed by atoms with Crippen molar-refractivity contribution in [3.63, 3.8) is 0 Å². The predicted molar refractivity (Wildman–Crippen MR) is 61.6 cm³/mol. The van der Waals surface area contributed by atoms with Crippen LogP contribution in [0.2, 0.25) is 0 Å². The first-order valence-corrected chi connectivity index (χ1v) is 5.57. The van der Waals surface area contributed by atoms with Gasteiger partial charge in [-0.3, -0.25) is 4.79 Å². The monoisotopic (exact) mass is 295 g/mol. The number of carbonyl (C=O) groups is 1. The molecule has 4 nitrogen and oxygen atoms in total. The van der Waals surface area contributed by atoms with E-state index in [9.17, 15) is 22.4 Å². The number of benzene rings is 1. The molecule has 1 aromatic rings. The largest absolute Gasteiger partial charge is 0.419 e. The molecular formula is C12H13F4NO3. The summed E-state index contributed by atoms with van der Waals surface area (Å²) in [5.74, 6) is -2.70. The van der Waals surface area contributed by atoms with Crippen molar-refractivity contribution < 1.29 is 32.2 Å². The van der Waals surface area contributed by atoms with E-state index in [1.165, 1.54) is 7.11 Å². The second kappa shape index (κ2) is 6.67. The van der Waals surface area contributed by atoms with Crippen LogP contribution in [-0.2, 0) is 10.9 Å². The summed E-state index contributed by atoms with van der Waals surface area (Å²) in [5, 5.41) is 11.1. The van der Waals surface area contributed by atoms with Crippen LogP contribution >= 0.6 is 0 Å². The van der Waals surface area contributed by atoms with Crippen LogP contribution in [-0.4, -0.2) is 37.4 Å². The van der Waals surface area contributed by atoms with Crippen molar-refractivity contribution in [2.24, 2.45) is 0 Å². The molecule has 1 atom stereocenters. The number of alkyl halides is 3. The van der Waals surface area contributed by atoms with Gasteiger partial charge in [0.15, 0.2) is 0 Å². The molecule has 0 aliphatic heterocycles. The molecule has 0 radical (unpaired) electrons. The van der Waals surface area contributed by atoms with E-state index in [4.69, 9.17) is 9.84 Å². The van der Waals surface area contributed by atoms with Crippen molar-refractivity contribution in [1.82, 2.24) is 5.32 Å². The lowest BCUT2D eigenvalue weighted by atomic mass is 10.1. The Hall–Kier alpha value is -1.67. The van der Waals surface area contributed by atoms with Crippen molar-refractivity contribution >= 4 is 5.91 Å². The summed E-state index contributed by atoms with van der Waals surface area (Å²) >= 11 is 0. The SMILES string of the molecule is COCC(CO)NC(=O)c1cccc(C(F)(F)F)c1F. The number of aliphatic hydroxyl groups is 1. The average molecular weight is 295 g/mol. The molecule has 0 aliphatic carbocycles. The summed E-state index contributed by atoms with van der Waals surface area (Å²) in [7, 11) is 1.32. The van der Waals surface area contributed by atoms with Gasteiger partial charge in [-0.15, -0.1) is 0 Å². The third-order valence-corrected chi connectivity index (χ3v) is 2.47. The number of nitrogens with one attached hydrogen (secondary N) is 1. The summed E-state index contributed by atoms with van der Waals surface area (Å²) in [4.78, 5) is 11.7. The van der Waals surface area contributed by atoms with Gasteiger partial charge in [0.25, 0.3) is 5.91 Å². The molecule has 0 fully saturated rings. The second-order valence-electron chi connectivity index (χ2n) is 3.97. The van der Waals surface area contributed by atoms with Crippen molar-refractivity contribution in [3.8, 4) is 0 Å². The highest BCUT2D eigenvalue weighted by Crippen LogP contribution is 2.32. The third-order valence-electron chi connectivity index (χ3n) is 2.47. The average Bonchev–Trinajstić information content (AvgIpc) is 2.36. The van der Waals surface area contributed by atoms with E-state index in [0.29, 0.717) is 6.07 Å². The molecule has 8 heteroatoms. The van der Waals surface area contributed by atoms with Gasteiger partial charge in [-0.25, -0.2) is 4.39 Å². The molecule has 0 bridgehead atoms. The lowest BCUT2D eigenvalue weighted by Crippen LogP contribution is -2.41. The molecule has 0 aromatic heterocycles. The van der Waals surface area contributed by atoms with E-state index in [2.05, 4.69) is 5.32 Å². The number of hydrogen-bond donors (Lipinski definition) is 2. The molecule has 1 amide bonds. The normalized spacial score (nSPS) is 13.1. The Bertz CT molecular complexity index is 476. The minimum absolute atomic E-state index is 0.0528. The highest BCUT2D eigenvalue weighted by molar-refractivity contribution is 5.94. The Labute approximate surface area is 112 Å². The maximum absolute atomic E-state index is 13.7. The standard InChI is InChI=1S/C12H13F4NO3/c1-20-6-7(5-18)17-11(19)8-3-2-4-9(10(8)13)12(14,15)16/h2-4,7,18H,5-6H2,1H3,(H,17,19). The Morgan fingerprint density at radius 3 is 2.60 bits per heavy atom. The summed E-state index contributed by atoms with van der Waals surface area (Å²) in [5.41, 5.74) is -2.26. The van der Waals surface area contributed by atoms with Gasteiger partial charge in [-0.05, 0) is 12.1 Å². The maximum atomic E-state index is 13.7. The van der Waals surface area contributed by atoms with Crippen molar-refractivity contribution in [2.75, 3.05) is 20.3 Å². The van der Waals surface area contributed by atoms with E-state index in [0.717, 1.165) is 12.1 Å². The number of ether oxygens (including phenoxy) is 1. The van der Waals surface area contributed by atoms with Gasteiger partial charge in [0.2, 0.25) is 0 Å². The second-order valence-corrected chi connectivity index (χ2v) is 3.97. The Morgan fingerprint density at radius 2 is 2.10 bits per heavy atom.